The van der Waals surface area contributed by atoms with Gasteiger partial charge in [-0.05, 0) is 30.7 Å². The van der Waals surface area contributed by atoms with Crippen molar-refractivity contribution in [1.82, 2.24) is 4.98 Å². The van der Waals surface area contributed by atoms with E-state index >= 15 is 0 Å². The molecule has 2 N–H and O–H groups in total. The molecule has 2 unspecified atom stereocenters. The highest BCUT2D eigenvalue weighted by Gasteiger charge is 2.32. The molecule has 1 aromatic rings. The van der Waals surface area contributed by atoms with Crippen LogP contribution >= 0.6 is 0 Å². The summed E-state index contributed by atoms with van der Waals surface area (Å²) in [6, 6.07) is 1.67. The molecule has 1 saturated heterocycles. The van der Waals surface area contributed by atoms with Crippen LogP contribution in [-0.4, -0.2) is 18.1 Å². The normalized spacial score (nSPS) is 27.2. The molecule has 2 atom stereocenters. The molecule has 0 spiro atoms. The molecule has 2 fully saturated rings. The number of pyridine rings is 1. The first-order chi connectivity index (χ1) is 9.29. The molecule has 0 bridgehead atoms. The van der Waals surface area contributed by atoms with Crippen LogP contribution in [0.2, 0.25) is 0 Å². The summed E-state index contributed by atoms with van der Waals surface area (Å²) in [6.07, 6.45) is 8.20. The predicted octanol–water partition coefficient (Wildman–Crippen LogP) is 2.70. The van der Waals surface area contributed by atoms with E-state index in [1.54, 1.807) is 12.3 Å². The van der Waals surface area contributed by atoms with Crippen LogP contribution in [0.1, 0.15) is 37.7 Å². The van der Waals surface area contributed by atoms with E-state index in [1.807, 2.05) is 0 Å². The number of aromatic nitrogens is 1. The largest absolute Gasteiger partial charge is 0.354 e. The van der Waals surface area contributed by atoms with Gasteiger partial charge in [0.05, 0.1) is 0 Å². The lowest BCUT2D eigenvalue weighted by atomic mass is 9.75. The van der Waals surface area contributed by atoms with Gasteiger partial charge in [0.15, 0.2) is 11.6 Å². The van der Waals surface area contributed by atoms with Crippen LogP contribution in [0.5, 0.6) is 0 Å². The molecule has 104 valence electrons. The highest BCUT2D eigenvalue weighted by molar-refractivity contribution is 5.43. The Kier molecular flexibility index (Phi) is 3.69. The molecule has 1 saturated carbocycles. The van der Waals surface area contributed by atoms with Crippen molar-refractivity contribution < 1.29 is 4.39 Å². The number of hydrogen-bond donors (Lipinski definition) is 1. The van der Waals surface area contributed by atoms with Crippen LogP contribution < -0.4 is 10.6 Å². The van der Waals surface area contributed by atoms with Crippen molar-refractivity contribution in [3.05, 3.63) is 23.6 Å². The molecule has 1 aliphatic carbocycles. The fourth-order valence-corrected chi connectivity index (χ4v) is 3.64. The zero-order valence-electron chi connectivity index (χ0n) is 11.3. The fraction of sp³-hybridized carbons (Fsp3) is 0.667. The second-order valence-corrected chi connectivity index (χ2v) is 5.85. The third kappa shape index (κ3) is 2.46. The average Bonchev–Trinajstić information content (AvgIpc) is 2.47. The highest BCUT2D eigenvalue weighted by atomic mass is 19.1. The maximum atomic E-state index is 14.3. The number of nitrogens with zero attached hydrogens (tertiary/aromatic N) is 2. The molecule has 0 radical (unpaired) electrons. The van der Waals surface area contributed by atoms with Crippen molar-refractivity contribution >= 4 is 5.82 Å². The van der Waals surface area contributed by atoms with Gasteiger partial charge in [0, 0.05) is 31.4 Å². The maximum absolute atomic E-state index is 14.3. The van der Waals surface area contributed by atoms with Gasteiger partial charge in [-0.1, -0.05) is 19.3 Å². The smallest absolute Gasteiger partial charge is 0.170 e. The average molecular weight is 263 g/mol. The monoisotopic (exact) mass is 263 g/mol. The number of nitrogens with two attached hydrogens (primary N) is 1. The van der Waals surface area contributed by atoms with Crippen LogP contribution in [-0.2, 0) is 6.54 Å². The quantitative estimate of drug-likeness (QED) is 0.892. The third-order valence-corrected chi connectivity index (χ3v) is 4.76. The Bertz CT molecular complexity index is 449. The van der Waals surface area contributed by atoms with Gasteiger partial charge in [-0.3, -0.25) is 0 Å². The molecule has 0 amide bonds. The van der Waals surface area contributed by atoms with Crippen LogP contribution in [0, 0.1) is 17.7 Å². The summed E-state index contributed by atoms with van der Waals surface area (Å²) in [6.45, 7) is 2.13. The number of halogens is 1. The van der Waals surface area contributed by atoms with Gasteiger partial charge in [0.2, 0.25) is 0 Å². The predicted molar refractivity (Wildman–Crippen MR) is 74.4 cm³/mol. The molecule has 2 aliphatic rings. The van der Waals surface area contributed by atoms with Crippen molar-refractivity contribution in [1.29, 1.82) is 0 Å². The summed E-state index contributed by atoms with van der Waals surface area (Å²) >= 11 is 0. The number of rotatable bonds is 2. The van der Waals surface area contributed by atoms with Crippen molar-refractivity contribution in [3.63, 3.8) is 0 Å². The van der Waals surface area contributed by atoms with Gasteiger partial charge in [-0.2, -0.15) is 0 Å². The van der Waals surface area contributed by atoms with Gasteiger partial charge in [-0.25, -0.2) is 9.37 Å². The van der Waals surface area contributed by atoms with E-state index in [9.17, 15) is 4.39 Å². The summed E-state index contributed by atoms with van der Waals surface area (Å²) in [5.74, 6) is 1.86. The first-order valence-corrected chi connectivity index (χ1v) is 7.38. The van der Waals surface area contributed by atoms with Crippen LogP contribution in [0.25, 0.3) is 0 Å². The minimum atomic E-state index is -0.223. The molecule has 19 heavy (non-hydrogen) atoms. The lowest BCUT2D eigenvalue weighted by molar-refractivity contribution is 0.201. The number of anilines is 1. The van der Waals surface area contributed by atoms with E-state index < -0.39 is 0 Å². The second-order valence-electron chi connectivity index (χ2n) is 5.85. The first-order valence-electron chi connectivity index (χ1n) is 7.38. The summed E-state index contributed by atoms with van der Waals surface area (Å²) in [5.41, 5.74) is 6.13. The van der Waals surface area contributed by atoms with Crippen molar-refractivity contribution in [2.24, 2.45) is 17.6 Å². The van der Waals surface area contributed by atoms with E-state index in [-0.39, 0.29) is 12.4 Å². The molecular weight excluding hydrogens is 241 g/mol. The molecule has 3 nitrogen and oxygen atoms in total. The Morgan fingerprint density at radius 1 is 1.26 bits per heavy atom. The summed E-state index contributed by atoms with van der Waals surface area (Å²) in [5, 5.41) is 0. The van der Waals surface area contributed by atoms with Gasteiger partial charge >= 0.3 is 0 Å². The number of hydrogen-bond acceptors (Lipinski definition) is 3. The molecule has 4 heteroatoms. The van der Waals surface area contributed by atoms with Crippen molar-refractivity contribution in [2.45, 2.75) is 38.6 Å². The molecule has 2 heterocycles. The minimum Gasteiger partial charge on any atom is -0.354 e. The van der Waals surface area contributed by atoms with Gasteiger partial charge < -0.3 is 10.6 Å². The Labute approximate surface area is 114 Å². The molecular formula is C15H22FN3. The molecule has 3 rings (SSSR count). The Hall–Kier alpha value is -1.16. The zero-order chi connectivity index (χ0) is 13.2. The zero-order valence-corrected chi connectivity index (χ0v) is 11.3. The van der Waals surface area contributed by atoms with Crippen LogP contribution in [0.3, 0.4) is 0 Å². The third-order valence-electron chi connectivity index (χ3n) is 4.76. The summed E-state index contributed by atoms with van der Waals surface area (Å²) in [7, 11) is 0. The van der Waals surface area contributed by atoms with E-state index in [1.165, 1.54) is 32.1 Å². The molecule has 1 aliphatic heterocycles. The van der Waals surface area contributed by atoms with E-state index in [0.29, 0.717) is 11.4 Å². The minimum absolute atomic E-state index is 0.223. The molecule has 1 aromatic heterocycles. The lowest BCUT2D eigenvalue weighted by Crippen LogP contribution is -2.42. The standard InChI is InChI=1S/C15H22FN3/c16-14-12(9-17)5-7-18-15(14)19-8-6-11-3-1-2-4-13(11)10-19/h5,7,11,13H,1-4,6,8-10,17H2. The highest BCUT2D eigenvalue weighted by Crippen LogP contribution is 2.37. The van der Waals surface area contributed by atoms with E-state index in [0.717, 1.165) is 24.9 Å². The Morgan fingerprint density at radius 2 is 2.05 bits per heavy atom. The van der Waals surface area contributed by atoms with Crippen LogP contribution in [0.15, 0.2) is 12.3 Å². The number of piperidine rings is 1. The van der Waals surface area contributed by atoms with Crippen LogP contribution in [0.4, 0.5) is 10.2 Å². The summed E-state index contributed by atoms with van der Waals surface area (Å²) < 4.78 is 14.3. The van der Waals surface area contributed by atoms with E-state index in [2.05, 4.69) is 9.88 Å². The van der Waals surface area contributed by atoms with E-state index in [4.69, 9.17) is 5.73 Å². The van der Waals surface area contributed by atoms with Crippen molar-refractivity contribution in [2.75, 3.05) is 18.0 Å². The van der Waals surface area contributed by atoms with Gasteiger partial charge in [0.25, 0.3) is 0 Å². The first kappa shape index (κ1) is 12.9. The maximum Gasteiger partial charge on any atom is 0.170 e. The lowest BCUT2D eigenvalue weighted by Gasteiger charge is -2.41. The van der Waals surface area contributed by atoms with Crippen molar-refractivity contribution in [3.8, 4) is 0 Å². The second kappa shape index (κ2) is 5.45. The Morgan fingerprint density at radius 3 is 2.84 bits per heavy atom. The topological polar surface area (TPSA) is 42.1 Å². The number of fused-ring (bicyclic) bond motifs is 1. The Balaban J connectivity index is 1.79. The fourth-order valence-electron chi connectivity index (χ4n) is 3.64. The SMILES string of the molecule is NCc1ccnc(N2CCC3CCCCC3C2)c1F. The van der Waals surface area contributed by atoms with Gasteiger partial charge in [0.1, 0.15) is 0 Å². The summed E-state index contributed by atoms with van der Waals surface area (Å²) in [4.78, 5) is 6.37. The van der Waals surface area contributed by atoms with Gasteiger partial charge in [-0.15, -0.1) is 0 Å². The molecule has 0 aromatic carbocycles.